The molecular weight excluding hydrogens is 378 g/mol. The zero-order chi connectivity index (χ0) is 17.7. The van der Waals surface area contributed by atoms with Gasteiger partial charge in [-0.1, -0.05) is 12.1 Å². The molecule has 25 heavy (non-hydrogen) atoms. The Hall–Kier alpha value is -2.47. The minimum absolute atomic E-state index is 0.0336. The second-order valence-electron chi connectivity index (χ2n) is 6.49. The molecule has 2 aromatic rings. The number of likely N-dealkylation sites (N-methyl/N-ethyl adjacent to an activating group) is 1. The minimum atomic E-state index is 0.0336. The summed E-state index contributed by atoms with van der Waals surface area (Å²) in [5.41, 5.74) is 13.8. The van der Waals surface area contributed by atoms with Crippen LogP contribution in [0.15, 0.2) is 58.7 Å². The summed E-state index contributed by atoms with van der Waals surface area (Å²) in [5, 5.41) is 7.99. The van der Waals surface area contributed by atoms with E-state index in [2.05, 4.69) is 74.8 Å². The normalized spacial score (nSPS) is 19.5. The zero-order valence-electron chi connectivity index (χ0n) is 14.4. The van der Waals surface area contributed by atoms with E-state index in [1.807, 2.05) is 24.9 Å². The second kappa shape index (κ2) is 5.81. The van der Waals surface area contributed by atoms with Crippen molar-refractivity contribution < 1.29 is 0 Å². The van der Waals surface area contributed by atoms with Gasteiger partial charge >= 0.3 is 0 Å². The van der Waals surface area contributed by atoms with Gasteiger partial charge in [0.15, 0.2) is 0 Å². The lowest BCUT2D eigenvalue weighted by Crippen LogP contribution is -2.21. The molecule has 5 nitrogen and oxygen atoms in total. The van der Waals surface area contributed by atoms with Gasteiger partial charge in [0.05, 0.1) is 28.2 Å². The quantitative estimate of drug-likeness (QED) is 0.601. The number of hydrogen-bond acceptors (Lipinski definition) is 4. The predicted octanol–water partition coefficient (Wildman–Crippen LogP) is 3.43. The fourth-order valence-corrected chi connectivity index (χ4v) is 3.70. The molecule has 0 bridgehead atoms. The van der Waals surface area contributed by atoms with Crippen LogP contribution < -0.4 is 11.1 Å². The Bertz CT molecular complexity index is 950. The number of hydrogen-bond donors (Lipinski definition) is 2. The number of nitrogens with one attached hydrogen (secondary N) is 1. The SMILES string of the molecule is Cc1ccc(C2=C3C(=CC=C(Br)N3C)NC2c2cnn(C)c2)cc1N. The number of aryl methyl sites for hydroxylation is 2. The van der Waals surface area contributed by atoms with Crippen LogP contribution in [-0.4, -0.2) is 21.7 Å². The highest BCUT2D eigenvalue weighted by molar-refractivity contribution is 9.11. The third-order valence-corrected chi connectivity index (χ3v) is 5.59. The van der Waals surface area contributed by atoms with Gasteiger partial charge in [-0.25, -0.2) is 0 Å². The van der Waals surface area contributed by atoms with Crippen molar-refractivity contribution in [2.75, 3.05) is 12.8 Å². The highest BCUT2D eigenvalue weighted by Crippen LogP contribution is 2.45. The number of rotatable bonds is 2. The van der Waals surface area contributed by atoms with Crippen LogP contribution in [0.4, 0.5) is 5.69 Å². The maximum atomic E-state index is 6.20. The van der Waals surface area contributed by atoms with Crippen molar-refractivity contribution in [2.24, 2.45) is 7.05 Å². The molecule has 3 N–H and O–H groups in total. The monoisotopic (exact) mass is 397 g/mol. The Balaban J connectivity index is 1.93. The molecule has 0 aliphatic carbocycles. The Morgan fingerprint density at radius 1 is 1.24 bits per heavy atom. The van der Waals surface area contributed by atoms with Crippen molar-refractivity contribution >= 4 is 27.2 Å². The number of nitrogen functional groups attached to an aromatic ring is 1. The highest BCUT2D eigenvalue weighted by atomic mass is 79.9. The fourth-order valence-electron chi connectivity index (χ4n) is 3.39. The summed E-state index contributed by atoms with van der Waals surface area (Å²) in [4.78, 5) is 2.16. The molecule has 0 saturated heterocycles. The molecular formula is C19H20BrN5. The number of nitrogens with zero attached hydrogens (tertiary/aromatic N) is 3. The molecule has 0 fully saturated rings. The average molecular weight is 398 g/mol. The summed E-state index contributed by atoms with van der Waals surface area (Å²) in [6.45, 7) is 2.03. The van der Waals surface area contributed by atoms with Crippen LogP contribution in [0.1, 0.15) is 22.7 Å². The van der Waals surface area contributed by atoms with Gasteiger partial charge in [-0.15, -0.1) is 0 Å². The molecule has 1 aromatic heterocycles. The lowest BCUT2D eigenvalue weighted by Gasteiger charge is -2.25. The van der Waals surface area contributed by atoms with E-state index in [0.717, 1.165) is 38.4 Å². The third-order valence-electron chi connectivity index (χ3n) is 4.79. The molecule has 4 rings (SSSR count). The first-order chi connectivity index (χ1) is 12.0. The first-order valence-electron chi connectivity index (χ1n) is 8.13. The largest absolute Gasteiger partial charge is 0.398 e. The van der Waals surface area contributed by atoms with Crippen LogP contribution >= 0.6 is 15.9 Å². The minimum Gasteiger partial charge on any atom is -0.398 e. The molecule has 0 amide bonds. The van der Waals surface area contributed by atoms with Gasteiger partial charge in [-0.3, -0.25) is 4.68 Å². The van der Waals surface area contributed by atoms with Crippen LogP contribution in [-0.2, 0) is 7.05 Å². The van der Waals surface area contributed by atoms with E-state index in [9.17, 15) is 0 Å². The molecule has 3 heterocycles. The molecule has 6 heteroatoms. The van der Waals surface area contributed by atoms with Crippen molar-refractivity contribution in [3.63, 3.8) is 0 Å². The summed E-state index contributed by atoms with van der Waals surface area (Å²) in [5.74, 6) is 0. The van der Waals surface area contributed by atoms with Gasteiger partial charge in [-0.05, 0) is 52.2 Å². The van der Waals surface area contributed by atoms with Gasteiger partial charge in [0.1, 0.15) is 0 Å². The van der Waals surface area contributed by atoms with Gasteiger partial charge in [0.2, 0.25) is 0 Å². The molecule has 1 aromatic carbocycles. The molecule has 1 unspecified atom stereocenters. The standard InChI is InChI=1S/C19H20BrN5/c1-11-4-5-12(8-14(11)21)17-18(13-9-22-24(2)10-13)23-15-6-7-16(20)25(3)19(15)17/h4-10,18,23H,21H2,1-3H3. The fraction of sp³-hybridized carbons (Fsp3) is 0.211. The maximum absolute atomic E-state index is 6.20. The van der Waals surface area contributed by atoms with Gasteiger partial charge in [0.25, 0.3) is 0 Å². The Morgan fingerprint density at radius 3 is 2.72 bits per heavy atom. The number of allylic oxidation sites excluding steroid dienone is 2. The lowest BCUT2D eigenvalue weighted by molar-refractivity contribution is 0.563. The molecule has 0 spiro atoms. The number of aromatic nitrogens is 2. The average Bonchev–Trinajstić information content (AvgIpc) is 3.17. The van der Waals surface area contributed by atoms with E-state index in [0.29, 0.717) is 0 Å². The van der Waals surface area contributed by atoms with Crippen molar-refractivity contribution in [3.05, 3.63) is 75.4 Å². The van der Waals surface area contributed by atoms with E-state index in [-0.39, 0.29) is 6.04 Å². The smallest absolute Gasteiger partial charge is 0.0849 e. The summed E-state index contributed by atoms with van der Waals surface area (Å²) in [6.07, 6.45) is 8.12. The highest BCUT2D eigenvalue weighted by Gasteiger charge is 2.35. The van der Waals surface area contributed by atoms with E-state index in [1.54, 1.807) is 0 Å². The number of nitrogens with two attached hydrogens (primary N) is 1. The summed E-state index contributed by atoms with van der Waals surface area (Å²) >= 11 is 3.64. The summed E-state index contributed by atoms with van der Waals surface area (Å²) < 4.78 is 2.86. The second-order valence-corrected chi connectivity index (χ2v) is 7.30. The summed E-state index contributed by atoms with van der Waals surface area (Å²) in [7, 11) is 4.00. The molecule has 1 atom stereocenters. The van der Waals surface area contributed by atoms with Crippen molar-refractivity contribution in [1.29, 1.82) is 0 Å². The van der Waals surface area contributed by atoms with Crippen LogP contribution in [0.3, 0.4) is 0 Å². The Labute approximate surface area is 155 Å². The van der Waals surface area contributed by atoms with Gasteiger partial charge < -0.3 is 16.0 Å². The summed E-state index contributed by atoms with van der Waals surface area (Å²) in [6, 6.07) is 6.31. The molecule has 128 valence electrons. The molecule has 0 radical (unpaired) electrons. The number of anilines is 1. The third kappa shape index (κ3) is 2.57. The lowest BCUT2D eigenvalue weighted by atomic mass is 9.93. The number of benzene rings is 1. The van der Waals surface area contributed by atoms with Gasteiger partial charge in [-0.2, -0.15) is 5.10 Å². The molecule has 2 aliphatic rings. The predicted molar refractivity (Wildman–Crippen MR) is 104 cm³/mol. The number of fused-ring (bicyclic) bond motifs is 1. The van der Waals surface area contributed by atoms with Crippen LogP contribution in [0, 0.1) is 6.92 Å². The first-order valence-corrected chi connectivity index (χ1v) is 8.92. The molecule has 0 saturated carbocycles. The van der Waals surface area contributed by atoms with E-state index in [4.69, 9.17) is 5.73 Å². The Morgan fingerprint density at radius 2 is 2.04 bits per heavy atom. The van der Waals surface area contributed by atoms with E-state index in [1.165, 1.54) is 5.57 Å². The topological polar surface area (TPSA) is 59.1 Å². The van der Waals surface area contributed by atoms with Crippen LogP contribution in [0.25, 0.3) is 5.57 Å². The van der Waals surface area contributed by atoms with Crippen molar-refractivity contribution in [2.45, 2.75) is 13.0 Å². The Kier molecular flexibility index (Phi) is 3.72. The number of halogens is 1. The van der Waals surface area contributed by atoms with Crippen LogP contribution in [0.2, 0.25) is 0 Å². The van der Waals surface area contributed by atoms with Crippen molar-refractivity contribution in [3.8, 4) is 0 Å². The first kappa shape index (κ1) is 16.0. The van der Waals surface area contributed by atoms with Gasteiger partial charge in [0, 0.05) is 37.1 Å². The van der Waals surface area contributed by atoms with Crippen molar-refractivity contribution in [1.82, 2.24) is 20.0 Å². The van der Waals surface area contributed by atoms with Crippen LogP contribution in [0.5, 0.6) is 0 Å². The molecule has 2 aliphatic heterocycles. The van der Waals surface area contributed by atoms with E-state index >= 15 is 0 Å². The zero-order valence-corrected chi connectivity index (χ0v) is 16.0. The van der Waals surface area contributed by atoms with E-state index < -0.39 is 0 Å². The maximum Gasteiger partial charge on any atom is 0.0849 e.